The minimum atomic E-state index is -0.0820. The van der Waals surface area contributed by atoms with Crippen molar-refractivity contribution in [3.63, 3.8) is 0 Å². The molecular formula is C15H17NO2. The van der Waals surface area contributed by atoms with Gasteiger partial charge in [0.25, 0.3) is 0 Å². The summed E-state index contributed by atoms with van der Waals surface area (Å²) in [5.41, 5.74) is 0.717. The van der Waals surface area contributed by atoms with Crippen LogP contribution in [0, 0.1) is 17.8 Å². The van der Waals surface area contributed by atoms with E-state index >= 15 is 0 Å². The Morgan fingerprint density at radius 1 is 1.00 bits per heavy atom. The average molecular weight is 243 g/mol. The summed E-state index contributed by atoms with van der Waals surface area (Å²) in [7, 11) is 0. The quantitative estimate of drug-likeness (QED) is 0.711. The molecule has 0 bridgehead atoms. The number of fused-ring (bicyclic) bond motifs is 1. The van der Waals surface area contributed by atoms with Crippen LogP contribution < -0.4 is 4.90 Å². The number of anilines is 1. The fraction of sp³-hybridized carbons (Fsp3) is 0.467. The smallest absolute Gasteiger partial charge is 0.237 e. The van der Waals surface area contributed by atoms with Crippen LogP contribution in [0.2, 0.25) is 0 Å². The third-order valence-electron chi connectivity index (χ3n) is 4.20. The van der Waals surface area contributed by atoms with E-state index in [1.54, 1.807) is 0 Å². The molecule has 0 spiro atoms. The molecular weight excluding hydrogens is 226 g/mol. The van der Waals surface area contributed by atoms with Crippen LogP contribution in [0.4, 0.5) is 5.69 Å². The van der Waals surface area contributed by atoms with Crippen molar-refractivity contribution < 1.29 is 9.59 Å². The highest BCUT2D eigenvalue weighted by atomic mass is 16.2. The van der Waals surface area contributed by atoms with Crippen molar-refractivity contribution in [3.8, 4) is 0 Å². The zero-order chi connectivity index (χ0) is 12.7. The number of nitrogens with zero attached hydrogens (tertiary/aromatic N) is 1. The number of amides is 2. The Hall–Kier alpha value is -1.64. The lowest BCUT2D eigenvalue weighted by Gasteiger charge is -2.25. The minimum absolute atomic E-state index is 0.00255. The Kier molecular flexibility index (Phi) is 2.69. The number of hydrogen-bond donors (Lipinski definition) is 0. The largest absolute Gasteiger partial charge is 0.274 e. The fourth-order valence-corrected chi connectivity index (χ4v) is 3.22. The summed E-state index contributed by atoms with van der Waals surface area (Å²) in [5, 5.41) is 0. The van der Waals surface area contributed by atoms with Gasteiger partial charge in [0, 0.05) is 0 Å². The molecule has 94 valence electrons. The SMILES string of the molecule is CC1CCC2C(=O)N(c3ccccc3)C(=O)C2C1. The van der Waals surface area contributed by atoms with Crippen LogP contribution in [0.15, 0.2) is 30.3 Å². The number of imide groups is 1. The van der Waals surface area contributed by atoms with Gasteiger partial charge in [-0.2, -0.15) is 0 Å². The monoisotopic (exact) mass is 243 g/mol. The van der Waals surface area contributed by atoms with Crippen molar-refractivity contribution in [3.05, 3.63) is 30.3 Å². The van der Waals surface area contributed by atoms with E-state index in [9.17, 15) is 9.59 Å². The Balaban J connectivity index is 1.94. The van der Waals surface area contributed by atoms with Crippen molar-refractivity contribution in [2.75, 3.05) is 4.90 Å². The molecule has 1 aromatic rings. The molecule has 0 radical (unpaired) electrons. The predicted octanol–water partition coefficient (Wildman–Crippen LogP) is 2.61. The predicted molar refractivity (Wildman–Crippen MR) is 68.9 cm³/mol. The van der Waals surface area contributed by atoms with E-state index in [1.807, 2.05) is 30.3 Å². The van der Waals surface area contributed by atoms with Gasteiger partial charge in [0.2, 0.25) is 11.8 Å². The Morgan fingerprint density at radius 2 is 1.67 bits per heavy atom. The average Bonchev–Trinajstić information content (AvgIpc) is 2.63. The number of carbonyl (C=O) groups is 2. The van der Waals surface area contributed by atoms with Crippen LogP contribution in [0.5, 0.6) is 0 Å². The number of benzene rings is 1. The van der Waals surface area contributed by atoms with Gasteiger partial charge in [0.1, 0.15) is 0 Å². The molecule has 3 atom stereocenters. The molecule has 2 fully saturated rings. The summed E-state index contributed by atoms with van der Waals surface area (Å²) in [6, 6.07) is 9.28. The second-order valence-electron chi connectivity index (χ2n) is 5.48. The van der Waals surface area contributed by atoms with Crippen LogP contribution in [0.3, 0.4) is 0 Å². The highest BCUT2D eigenvalue weighted by Gasteiger charge is 2.49. The van der Waals surface area contributed by atoms with Crippen LogP contribution in [-0.2, 0) is 9.59 Å². The Labute approximate surface area is 107 Å². The van der Waals surface area contributed by atoms with Crippen molar-refractivity contribution in [1.29, 1.82) is 0 Å². The van der Waals surface area contributed by atoms with E-state index in [0.717, 1.165) is 24.9 Å². The second kappa shape index (κ2) is 4.23. The molecule has 2 aliphatic rings. The van der Waals surface area contributed by atoms with E-state index in [1.165, 1.54) is 4.90 Å². The van der Waals surface area contributed by atoms with Gasteiger partial charge >= 0.3 is 0 Å². The summed E-state index contributed by atoms with van der Waals surface area (Å²) in [5.74, 6) is 0.403. The highest BCUT2D eigenvalue weighted by Crippen LogP contribution is 2.41. The zero-order valence-corrected chi connectivity index (χ0v) is 10.5. The minimum Gasteiger partial charge on any atom is -0.274 e. The van der Waals surface area contributed by atoms with Gasteiger partial charge < -0.3 is 0 Å². The summed E-state index contributed by atoms with van der Waals surface area (Å²) in [4.78, 5) is 26.2. The molecule has 1 aromatic carbocycles. The molecule has 2 amide bonds. The molecule has 3 heteroatoms. The van der Waals surface area contributed by atoms with Crippen molar-refractivity contribution in [1.82, 2.24) is 0 Å². The van der Waals surface area contributed by atoms with E-state index in [0.29, 0.717) is 5.92 Å². The first kappa shape index (κ1) is 11.5. The zero-order valence-electron chi connectivity index (χ0n) is 10.5. The van der Waals surface area contributed by atoms with Crippen molar-refractivity contribution in [2.45, 2.75) is 26.2 Å². The summed E-state index contributed by atoms with van der Waals surface area (Å²) >= 11 is 0. The molecule has 18 heavy (non-hydrogen) atoms. The lowest BCUT2D eigenvalue weighted by molar-refractivity contribution is -0.122. The Morgan fingerprint density at radius 3 is 2.39 bits per heavy atom. The third-order valence-corrected chi connectivity index (χ3v) is 4.20. The summed E-state index contributed by atoms with van der Waals surface area (Å²) in [6.07, 6.45) is 2.78. The fourth-order valence-electron chi connectivity index (χ4n) is 3.22. The van der Waals surface area contributed by atoms with Crippen LogP contribution in [0.1, 0.15) is 26.2 Å². The van der Waals surface area contributed by atoms with Gasteiger partial charge in [0.15, 0.2) is 0 Å². The molecule has 3 nitrogen and oxygen atoms in total. The van der Waals surface area contributed by atoms with E-state index < -0.39 is 0 Å². The number of carbonyl (C=O) groups excluding carboxylic acids is 2. The van der Waals surface area contributed by atoms with Crippen molar-refractivity contribution >= 4 is 17.5 Å². The lowest BCUT2D eigenvalue weighted by atomic mass is 9.76. The maximum Gasteiger partial charge on any atom is 0.237 e. The molecule has 1 aliphatic carbocycles. The first-order chi connectivity index (χ1) is 8.68. The second-order valence-corrected chi connectivity index (χ2v) is 5.48. The normalized spacial score (nSPS) is 31.6. The van der Waals surface area contributed by atoms with Crippen molar-refractivity contribution in [2.24, 2.45) is 17.8 Å². The van der Waals surface area contributed by atoms with E-state index in [2.05, 4.69) is 6.92 Å². The first-order valence-corrected chi connectivity index (χ1v) is 6.61. The van der Waals surface area contributed by atoms with Gasteiger partial charge in [-0.05, 0) is 37.3 Å². The number of rotatable bonds is 1. The van der Waals surface area contributed by atoms with Gasteiger partial charge in [-0.3, -0.25) is 14.5 Å². The van der Waals surface area contributed by atoms with Gasteiger partial charge in [-0.25, -0.2) is 0 Å². The first-order valence-electron chi connectivity index (χ1n) is 6.61. The van der Waals surface area contributed by atoms with E-state index in [-0.39, 0.29) is 23.7 Å². The topological polar surface area (TPSA) is 37.4 Å². The third kappa shape index (κ3) is 1.65. The lowest BCUT2D eigenvalue weighted by Crippen LogP contribution is -2.30. The van der Waals surface area contributed by atoms with Crippen LogP contribution in [-0.4, -0.2) is 11.8 Å². The molecule has 3 rings (SSSR count). The number of para-hydroxylation sites is 1. The molecule has 1 saturated carbocycles. The number of hydrogen-bond acceptors (Lipinski definition) is 2. The summed E-state index contributed by atoms with van der Waals surface area (Å²) in [6.45, 7) is 2.17. The summed E-state index contributed by atoms with van der Waals surface area (Å²) < 4.78 is 0. The van der Waals surface area contributed by atoms with Gasteiger partial charge in [-0.15, -0.1) is 0 Å². The van der Waals surface area contributed by atoms with Gasteiger partial charge in [0.05, 0.1) is 17.5 Å². The molecule has 3 unspecified atom stereocenters. The molecule has 0 aromatic heterocycles. The highest BCUT2D eigenvalue weighted by molar-refractivity contribution is 6.22. The maximum atomic E-state index is 12.4. The molecule has 1 aliphatic heterocycles. The molecule has 0 N–H and O–H groups in total. The van der Waals surface area contributed by atoms with E-state index in [4.69, 9.17) is 0 Å². The molecule has 1 saturated heterocycles. The van der Waals surface area contributed by atoms with Crippen LogP contribution >= 0.6 is 0 Å². The standard InChI is InChI=1S/C15H17NO2/c1-10-7-8-12-13(9-10)15(18)16(14(12)17)11-5-3-2-4-6-11/h2-6,10,12-13H,7-9H2,1H3. The van der Waals surface area contributed by atoms with Crippen LogP contribution in [0.25, 0.3) is 0 Å². The molecule has 1 heterocycles. The maximum absolute atomic E-state index is 12.4. The van der Waals surface area contributed by atoms with Gasteiger partial charge in [-0.1, -0.05) is 25.1 Å². The Bertz CT molecular complexity index is 483.